The first-order valence-corrected chi connectivity index (χ1v) is 7.37. The highest BCUT2D eigenvalue weighted by atomic mass is 79.9. The van der Waals surface area contributed by atoms with Crippen molar-refractivity contribution in [1.29, 1.82) is 0 Å². The molecule has 0 fully saturated rings. The fourth-order valence-corrected chi connectivity index (χ4v) is 3.37. The molecule has 0 spiro atoms. The van der Waals surface area contributed by atoms with E-state index < -0.39 is 0 Å². The van der Waals surface area contributed by atoms with Crippen LogP contribution < -0.4 is 5.32 Å². The van der Waals surface area contributed by atoms with Crippen molar-refractivity contribution in [3.8, 4) is 0 Å². The maximum Gasteiger partial charge on any atom is 0.0701 e. The van der Waals surface area contributed by atoms with Gasteiger partial charge in [0.2, 0.25) is 0 Å². The van der Waals surface area contributed by atoms with Crippen LogP contribution in [0.1, 0.15) is 23.4 Å². The Morgan fingerprint density at radius 1 is 1.29 bits per heavy atom. The Morgan fingerprint density at radius 3 is 2.71 bits per heavy atom. The molecule has 1 nitrogen and oxygen atoms in total. The number of thiophene rings is 1. The maximum absolute atomic E-state index is 6.16. The first kappa shape index (κ1) is 13.1. The van der Waals surface area contributed by atoms with Gasteiger partial charge in [-0.2, -0.15) is 0 Å². The lowest BCUT2D eigenvalue weighted by Crippen LogP contribution is -2.17. The second-order valence-corrected chi connectivity index (χ2v) is 6.78. The summed E-state index contributed by atoms with van der Waals surface area (Å²) in [4.78, 5) is 1.32. The molecule has 0 radical (unpaired) electrons. The quantitative estimate of drug-likeness (QED) is 0.830. The van der Waals surface area contributed by atoms with Gasteiger partial charge in [0.25, 0.3) is 0 Å². The second-order valence-electron chi connectivity index (χ2n) is 3.83. The van der Waals surface area contributed by atoms with E-state index in [0.29, 0.717) is 0 Å². The van der Waals surface area contributed by atoms with Crippen molar-refractivity contribution in [3.63, 3.8) is 0 Å². The Kier molecular flexibility index (Phi) is 4.62. The SMILES string of the molecule is C[C@@H](NCc1ccc(Br)s1)c1ccccc1Cl. The smallest absolute Gasteiger partial charge is 0.0701 e. The van der Waals surface area contributed by atoms with Crippen LogP contribution in [0.25, 0.3) is 0 Å². The third kappa shape index (κ3) is 3.55. The van der Waals surface area contributed by atoms with Crippen LogP contribution in [0.3, 0.4) is 0 Å². The van der Waals surface area contributed by atoms with Gasteiger partial charge in [-0.05, 0) is 46.6 Å². The minimum Gasteiger partial charge on any atom is -0.305 e. The predicted octanol–water partition coefficient (Wildman–Crippen LogP) is 5.01. The van der Waals surface area contributed by atoms with Gasteiger partial charge in [-0.1, -0.05) is 29.8 Å². The molecule has 1 aromatic carbocycles. The van der Waals surface area contributed by atoms with Gasteiger partial charge in [0.1, 0.15) is 0 Å². The van der Waals surface area contributed by atoms with Crippen molar-refractivity contribution in [2.24, 2.45) is 0 Å². The molecule has 1 N–H and O–H groups in total. The molecule has 90 valence electrons. The first-order chi connectivity index (χ1) is 8.16. The monoisotopic (exact) mass is 329 g/mol. The molecule has 0 bridgehead atoms. The summed E-state index contributed by atoms with van der Waals surface area (Å²) >= 11 is 11.4. The molecule has 17 heavy (non-hydrogen) atoms. The number of hydrogen-bond acceptors (Lipinski definition) is 2. The summed E-state index contributed by atoms with van der Waals surface area (Å²) in [6.45, 7) is 2.99. The summed E-state index contributed by atoms with van der Waals surface area (Å²) in [5.41, 5.74) is 1.14. The van der Waals surface area contributed by atoms with Gasteiger partial charge >= 0.3 is 0 Å². The van der Waals surface area contributed by atoms with Gasteiger partial charge in [-0.25, -0.2) is 0 Å². The lowest BCUT2D eigenvalue weighted by atomic mass is 10.1. The molecule has 0 aliphatic rings. The standard InChI is InChI=1S/C13H13BrClNS/c1-9(11-4-2-3-5-12(11)15)16-8-10-6-7-13(14)17-10/h2-7,9,16H,8H2,1H3/t9-/m1/s1. The highest BCUT2D eigenvalue weighted by Gasteiger charge is 2.08. The molecule has 0 saturated heterocycles. The van der Waals surface area contributed by atoms with Crippen LogP contribution in [0.5, 0.6) is 0 Å². The molecular weight excluding hydrogens is 318 g/mol. The van der Waals surface area contributed by atoms with Gasteiger partial charge < -0.3 is 5.32 Å². The summed E-state index contributed by atoms with van der Waals surface area (Å²) in [5.74, 6) is 0. The highest BCUT2D eigenvalue weighted by Crippen LogP contribution is 2.25. The molecule has 4 heteroatoms. The number of nitrogens with one attached hydrogen (secondary N) is 1. The van der Waals surface area contributed by atoms with E-state index in [1.807, 2.05) is 18.2 Å². The van der Waals surface area contributed by atoms with E-state index in [1.54, 1.807) is 11.3 Å². The van der Waals surface area contributed by atoms with Gasteiger partial charge in [0.15, 0.2) is 0 Å². The van der Waals surface area contributed by atoms with E-state index in [9.17, 15) is 0 Å². The van der Waals surface area contributed by atoms with Gasteiger partial charge in [0.05, 0.1) is 3.79 Å². The average Bonchev–Trinajstić information content (AvgIpc) is 2.73. The van der Waals surface area contributed by atoms with Crippen molar-refractivity contribution >= 4 is 38.9 Å². The zero-order valence-corrected chi connectivity index (χ0v) is 12.6. The van der Waals surface area contributed by atoms with Crippen LogP contribution in [-0.2, 0) is 6.54 Å². The van der Waals surface area contributed by atoms with Crippen LogP contribution >= 0.6 is 38.9 Å². The zero-order chi connectivity index (χ0) is 12.3. The maximum atomic E-state index is 6.16. The molecule has 2 aromatic rings. The molecule has 0 amide bonds. The topological polar surface area (TPSA) is 12.0 Å². The summed E-state index contributed by atoms with van der Waals surface area (Å²) in [6.07, 6.45) is 0. The average molecular weight is 331 g/mol. The Morgan fingerprint density at radius 2 is 2.06 bits per heavy atom. The molecule has 0 saturated carbocycles. The number of rotatable bonds is 4. The molecule has 2 rings (SSSR count). The lowest BCUT2D eigenvalue weighted by Gasteiger charge is -2.14. The number of benzene rings is 1. The van der Waals surface area contributed by atoms with Crippen LogP contribution in [0.15, 0.2) is 40.2 Å². The fourth-order valence-electron chi connectivity index (χ4n) is 1.64. The zero-order valence-electron chi connectivity index (χ0n) is 9.41. The summed E-state index contributed by atoms with van der Waals surface area (Å²) in [7, 11) is 0. The van der Waals surface area contributed by atoms with E-state index in [2.05, 4.69) is 46.4 Å². The van der Waals surface area contributed by atoms with Crippen LogP contribution in [0.4, 0.5) is 0 Å². The van der Waals surface area contributed by atoms with Crippen molar-refractivity contribution < 1.29 is 0 Å². The third-order valence-electron chi connectivity index (χ3n) is 2.58. The van der Waals surface area contributed by atoms with Gasteiger partial charge in [0, 0.05) is 22.5 Å². The van der Waals surface area contributed by atoms with Crippen molar-refractivity contribution in [2.75, 3.05) is 0 Å². The molecule has 1 aromatic heterocycles. The number of hydrogen-bond donors (Lipinski definition) is 1. The van der Waals surface area contributed by atoms with Crippen LogP contribution in [-0.4, -0.2) is 0 Å². The molecule has 0 aliphatic heterocycles. The summed E-state index contributed by atoms with van der Waals surface area (Å²) < 4.78 is 1.17. The minimum absolute atomic E-state index is 0.254. The Labute approximate surface area is 119 Å². The summed E-state index contributed by atoms with van der Waals surface area (Å²) in [6, 6.07) is 12.4. The minimum atomic E-state index is 0.254. The normalized spacial score (nSPS) is 12.6. The highest BCUT2D eigenvalue weighted by molar-refractivity contribution is 9.11. The predicted molar refractivity (Wildman–Crippen MR) is 78.7 cm³/mol. The largest absolute Gasteiger partial charge is 0.305 e. The van der Waals surface area contributed by atoms with E-state index in [1.165, 1.54) is 8.66 Å². The lowest BCUT2D eigenvalue weighted by molar-refractivity contribution is 0.579. The second kappa shape index (κ2) is 6.01. The fraction of sp³-hybridized carbons (Fsp3) is 0.231. The van der Waals surface area contributed by atoms with Gasteiger partial charge in [-0.3, -0.25) is 0 Å². The van der Waals surface area contributed by atoms with Crippen molar-refractivity contribution in [1.82, 2.24) is 5.32 Å². The van der Waals surface area contributed by atoms with E-state index >= 15 is 0 Å². The van der Waals surface area contributed by atoms with Crippen molar-refractivity contribution in [3.05, 3.63) is 55.6 Å². The molecule has 0 aliphatic carbocycles. The Balaban J connectivity index is 1.98. The van der Waals surface area contributed by atoms with E-state index in [-0.39, 0.29) is 6.04 Å². The Bertz CT molecular complexity index is 498. The molecule has 1 heterocycles. The van der Waals surface area contributed by atoms with Crippen molar-refractivity contribution in [2.45, 2.75) is 19.5 Å². The third-order valence-corrected chi connectivity index (χ3v) is 4.55. The Hall–Kier alpha value is -0.350. The molecule has 0 unspecified atom stereocenters. The van der Waals surface area contributed by atoms with Gasteiger partial charge in [-0.15, -0.1) is 11.3 Å². The van der Waals surface area contributed by atoms with E-state index in [0.717, 1.165) is 17.1 Å². The first-order valence-electron chi connectivity index (χ1n) is 5.39. The van der Waals surface area contributed by atoms with Crippen LogP contribution in [0, 0.1) is 0 Å². The van der Waals surface area contributed by atoms with E-state index in [4.69, 9.17) is 11.6 Å². The molecular formula is C13H13BrClNS. The number of halogens is 2. The molecule has 1 atom stereocenters. The van der Waals surface area contributed by atoms with Crippen LogP contribution in [0.2, 0.25) is 5.02 Å². The summed E-state index contributed by atoms with van der Waals surface area (Å²) in [5, 5.41) is 4.29.